The molecule has 0 radical (unpaired) electrons. The lowest BCUT2D eigenvalue weighted by atomic mass is 10.1. The van der Waals surface area contributed by atoms with Crippen LogP contribution in [0.1, 0.15) is 5.56 Å². The molecule has 0 saturated carbocycles. The molecule has 0 aromatic heterocycles. The standard InChI is InChI=1S/C13H15BrO3/c1-2-3-10-4-5-11-13(17-9-8-15-11)12(10)16-7-6-14/h2,4-5H,1,3,6-9H2. The zero-order valence-electron chi connectivity index (χ0n) is 9.58. The molecule has 0 unspecified atom stereocenters. The number of allylic oxidation sites excluding steroid dienone is 1. The lowest BCUT2D eigenvalue weighted by molar-refractivity contribution is 0.162. The third-order valence-electron chi connectivity index (χ3n) is 2.43. The maximum atomic E-state index is 5.74. The Bertz CT molecular complexity index is 404. The summed E-state index contributed by atoms with van der Waals surface area (Å²) in [6, 6.07) is 3.92. The van der Waals surface area contributed by atoms with Crippen LogP contribution < -0.4 is 14.2 Å². The Morgan fingerprint density at radius 3 is 2.94 bits per heavy atom. The normalized spacial score (nSPS) is 13.2. The van der Waals surface area contributed by atoms with Gasteiger partial charge in [-0.2, -0.15) is 0 Å². The number of hydrogen-bond donors (Lipinski definition) is 0. The molecule has 2 rings (SSSR count). The van der Waals surface area contributed by atoms with Crippen LogP contribution in [-0.2, 0) is 6.42 Å². The van der Waals surface area contributed by atoms with E-state index < -0.39 is 0 Å². The molecule has 1 aliphatic heterocycles. The Kier molecular flexibility index (Phi) is 4.31. The van der Waals surface area contributed by atoms with Gasteiger partial charge in [0.15, 0.2) is 11.5 Å². The van der Waals surface area contributed by atoms with E-state index in [9.17, 15) is 0 Å². The van der Waals surface area contributed by atoms with E-state index in [0.717, 1.165) is 34.6 Å². The van der Waals surface area contributed by atoms with E-state index in [1.165, 1.54) is 0 Å². The van der Waals surface area contributed by atoms with E-state index >= 15 is 0 Å². The molecule has 1 aromatic rings. The fraction of sp³-hybridized carbons (Fsp3) is 0.385. The van der Waals surface area contributed by atoms with Crippen molar-refractivity contribution in [3.63, 3.8) is 0 Å². The van der Waals surface area contributed by atoms with Crippen molar-refractivity contribution in [1.29, 1.82) is 0 Å². The van der Waals surface area contributed by atoms with Crippen molar-refractivity contribution in [3.05, 3.63) is 30.4 Å². The van der Waals surface area contributed by atoms with Gasteiger partial charge in [-0.1, -0.05) is 28.1 Å². The van der Waals surface area contributed by atoms with Gasteiger partial charge in [0.05, 0.1) is 6.61 Å². The van der Waals surface area contributed by atoms with Crippen LogP contribution in [0, 0.1) is 0 Å². The first-order valence-electron chi connectivity index (χ1n) is 5.58. The maximum Gasteiger partial charge on any atom is 0.204 e. The third-order valence-corrected chi connectivity index (χ3v) is 2.76. The van der Waals surface area contributed by atoms with Gasteiger partial charge < -0.3 is 14.2 Å². The molecule has 0 N–H and O–H groups in total. The highest BCUT2D eigenvalue weighted by Gasteiger charge is 2.20. The Morgan fingerprint density at radius 2 is 2.18 bits per heavy atom. The minimum atomic E-state index is 0.565. The molecule has 1 aliphatic rings. The number of hydrogen-bond acceptors (Lipinski definition) is 3. The summed E-state index contributed by atoms with van der Waals surface area (Å²) in [4.78, 5) is 0. The van der Waals surface area contributed by atoms with Crippen molar-refractivity contribution in [3.8, 4) is 17.2 Å². The first-order valence-corrected chi connectivity index (χ1v) is 6.70. The van der Waals surface area contributed by atoms with Crippen LogP contribution in [0.3, 0.4) is 0 Å². The number of benzene rings is 1. The molecular weight excluding hydrogens is 284 g/mol. The van der Waals surface area contributed by atoms with Gasteiger partial charge in [0.2, 0.25) is 5.75 Å². The number of rotatable bonds is 5. The summed E-state index contributed by atoms with van der Waals surface area (Å²) in [5, 5.41) is 0.783. The Hall–Kier alpha value is -1.16. The highest BCUT2D eigenvalue weighted by Crippen LogP contribution is 2.42. The second-order valence-electron chi connectivity index (χ2n) is 3.61. The molecule has 0 fully saturated rings. The van der Waals surface area contributed by atoms with Gasteiger partial charge in [0.25, 0.3) is 0 Å². The van der Waals surface area contributed by atoms with Crippen LogP contribution in [0.15, 0.2) is 24.8 Å². The van der Waals surface area contributed by atoms with Crippen LogP contribution in [0.2, 0.25) is 0 Å². The van der Waals surface area contributed by atoms with Gasteiger partial charge in [0.1, 0.15) is 13.2 Å². The number of halogens is 1. The third kappa shape index (κ3) is 2.75. The highest BCUT2D eigenvalue weighted by atomic mass is 79.9. The van der Waals surface area contributed by atoms with Crippen molar-refractivity contribution in [1.82, 2.24) is 0 Å². The predicted octanol–water partition coefficient (Wildman–Crippen LogP) is 2.96. The second kappa shape index (κ2) is 5.96. The first kappa shape index (κ1) is 12.3. The maximum absolute atomic E-state index is 5.74. The minimum Gasteiger partial charge on any atom is -0.488 e. The largest absolute Gasteiger partial charge is 0.488 e. The van der Waals surface area contributed by atoms with Gasteiger partial charge in [0, 0.05) is 10.9 Å². The van der Waals surface area contributed by atoms with E-state index in [0.29, 0.717) is 19.8 Å². The van der Waals surface area contributed by atoms with Crippen molar-refractivity contribution in [2.75, 3.05) is 25.2 Å². The molecule has 0 aliphatic carbocycles. The van der Waals surface area contributed by atoms with Gasteiger partial charge in [-0.05, 0) is 12.5 Å². The van der Waals surface area contributed by atoms with Crippen molar-refractivity contribution in [2.45, 2.75) is 6.42 Å². The molecule has 17 heavy (non-hydrogen) atoms. The van der Waals surface area contributed by atoms with Crippen molar-refractivity contribution < 1.29 is 14.2 Å². The molecule has 0 amide bonds. The van der Waals surface area contributed by atoms with Crippen molar-refractivity contribution in [2.24, 2.45) is 0 Å². The average Bonchev–Trinajstić information content (AvgIpc) is 2.37. The molecule has 0 spiro atoms. The lowest BCUT2D eigenvalue weighted by Crippen LogP contribution is -2.17. The molecule has 0 atom stereocenters. The number of fused-ring (bicyclic) bond motifs is 1. The SMILES string of the molecule is C=CCc1ccc2c(c1OCCBr)OCCO2. The molecule has 4 heteroatoms. The monoisotopic (exact) mass is 298 g/mol. The van der Waals surface area contributed by atoms with Crippen LogP contribution >= 0.6 is 15.9 Å². The van der Waals surface area contributed by atoms with Crippen LogP contribution in [0.25, 0.3) is 0 Å². The average molecular weight is 299 g/mol. The molecule has 0 saturated heterocycles. The van der Waals surface area contributed by atoms with Gasteiger partial charge in [-0.3, -0.25) is 0 Å². The minimum absolute atomic E-state index is 0.565. The molecule has 1 heterocycles. The molecular formula is C13H15BrO3. The quantitative estimate of drug-likeness (QED) is 0.618. The molecule has 3 nitrogen and oxygen atoms in total. The Balaban J connectivity index is 2.35. The summed E-state index contributed by atoms with van der Waals surface area (Å²) in [5.74, 6) is 2.26. The fourth-order valence-electron chi connectivity index (χ4n) is 1.75. The first-order chi connectivity index (χ1) is 8.36. The van der Waals surface area contributed by atoms with E-state index in [1.54, 1.807) is 0 Å². The summed E-state index contributed by atoms with van der Waals surface area (Å²) in [6.07, 6.45) is 2.61. The highest BCUT2D eigenvalue weighted by molar-refractivity contribution is 9.09. The van der Waals surface area contributed by atoms with E-state index in [1.807, 2.05) is 18.2 Å². The summed E-state index contributed by atoms with van der Waals surface area (Å²) in [5.41, 5.74) is 1.07. The van der Waals surface area contributed by atoms with E-state index in [-0.39, 0.29) is 0 Å². The Labute approximate surface area is 109 Å². The molecule has 0 bridgehead atoms. The van der Waals surface area contributed by atoms with E-state index in [2.05, 4.69) is 22.5 Å². The fourth-order valence-corrected chi connectivity index (χ4v) is 1.91. The van der Waals surface area contributed by atoms with Gasteiger partial charge in [-0.25, -0.2) is 0 Å². The zero-order chi connectivity index (χ0) is 12.1. The number of alkyl halides is 1. The lowest BCUT2D eigenvalue weighted by Gasteiger charge is -2.22. The van der Waals surface area contributed by atoms with Gasteiger partial charge in [-0.15, -0.1) is 6.58 Å². The van der Waals surface area contributed by atoms with Crippen LogP contribution in [0.4, 0.5) is 0 Å². The summed E-state index contributed by atoms with van der Waals surface area (Å²) in [7, 11) is 0. The van der Waals surface area contributed by atoms with Crippen LogP contribution in [-0.4, -0.2) is 25.2 Å². The molecule has 92 valence electrons. The number of ether oxygens (including phenoxy) is 3. The zero-order valence-corrected chi connectivity index (χ0v) is 11.2. The predicted molar refractivity (Wildman–Crippen MR) is 70.6 cm³/mol. The van der Waals surface area contributed by atoms with Gasteiger partial charge >= 0.3 is 0 Å². The van der Waals surface area contributed by atoms with Crippen molar-refractivity contribution >= 4 is 15.9 Å². The second-order valence-corrected chi connectivity index (χ2v) is 4.40. The molecule has 1 aromatic carbocycles. The topological polar surface area (TPSA) is 27.7 Å². The summed E-state index contributed by atoms with van der Waals surface area (Å²) in [6.45, 7) is 5.51. The van der Waals surface area contributed by atoms with Crippen LogP contribution in [0.5, 0.6) is 17.2 Å². The smallest absolute Gasteiger partial charge is 0.204 e. The summed E-state index contributed by atoms with van der Waals surface area (Å²) >= 11 is 3.35. The van der Waals surface area contributed by atoms with E-state index in [4.69, 9.17) is 14.2 Å². The summed E-state index contributed by atoms with van der Waals surface area (Å²) < 4.78 is 16.9. The Morgan fingerprint density at radius 1 is 1.35 bits per heavy atom.